The van der Waals surface area contributed by atoms with E-state index >= 15 is 0 Å². The minimum atomic E-state index is -1.80. The van der Waals surface area contributed by atoms with Gasteiger partial charge >= 0.3 is 8.60 Å². The first-order valence-corrected chi connectivity index (χ1v) is 18.0. The molecule has 4 rings (SSSR count). The maximum absolute atomic E-state index is 6.96. The molecule has 0 fully saturated rings. The largest absolute Gasteiger partial charge is 0.530 e. The van der Waals surface area contributed by atoms with E-state index in [2.05, 4.69) is 107 Å². The molecule has 3 nitrogen and oxygen atoms in total. The second kappa shape index (κ2) is 18.5. The fourth-order valence-electron chi connectivity index (χ4n) is 5.42. The summed E-state index contributed by atoms with van der Waals surface area (Å²) in [6, 6.07) is 31.9. The summed E-state index contributed by atoms with van der Waals surface area (Å²) < 4.78 is 20.7. The van der Waals surface area contributed by atoms with Crippen LogP contribution in [0.25, 0.3) is 11.1 Å². The van der Waals surface area contributed by atoms with Gasteiger partial charge in [0.25, 0.3) is 0 Å². The molecule has 0 aromatic heterocycles. The standard InChI is InChI=1S/C40H51O3P/c1-5-9-19-33-25-16-26-34(20-10-6-2)39(33)42-44(41-38-30-18-29-37(31-38)32-23-14-13-15-24-32)43-40-35(21-11-7-3)27-17-28-36(40)22-12-8-4/h13-18,23-31H,5-12,19-22H2,1-4H3. The highest BCUT2D eigenvalue weighted by Crippen LogP contribution is 2.47. The quantitative estimate of drug-likeness (QED) is 0.0989. The molecule has 44 heavy (non-hydrogen) atoms. The van der Waals surface area contributed by atoms with Crippen molar-refractivity contribution in [1.82, 2.24) is 0 Å². The first-order valence-electron chi connectivity index (χ1n) is 16.9. The number of hydrogen-bond donors (Lipinski definition) is 0. The van der Waals surface area contributed by atoms with Crippen LogP contribution in [0.3, 0.4) is 0 Å². The molecule has 234 valence electrons. The summed E-state index contributed by atoms with van der Waals surface area (Å²) in [6.45, 7) is 8.97. The van der Waals surface area contributed by atoms with Gasteiger partial charge in [-0.15, -0.1) is 0 Å². The van der Waals surface area contributed by atoms with Crippen LogP contribution in [0.15, 0.2) is 91.0 Å². The second-order valence-corrected chi connectivity index (χ2v) is 12.6. The lowest BCUT2D eigenvalue weighted by Gasteiger charge is -2.24. The highest BCUT2D eigenvalue weighted by molar-refractivity contribution is 7.43. The summed E-state index contributed by atoms with van der Waals surface area (Å²) >= 11 is 0. The molecule has 4 heteroatoms. The van der Waals surface area contributed by atoms with Crippen LogP contribution in [0.5, 0.6) is 17.2 Å². The highest BCUT2D eigenvalue weighted by Gasteiger charge is 2.26. The molecule has 0 aliphatic carbocycles. The lowest BCUT2D eigenvalue weighted by atomic mass is 10.0. The summed E-state index contributed by atoms with van der Waals surface area (Å²) in [4.78, 5) is 0. The van der Waals surface area contributed by atoms with Gasteiger partial charge in [-0.1, -0.05) is 132 Å². The van der Waals surface area contributed by atoms with Gasteiger partial charge in [-0.3, -0.25) is 0 Å². The van der Waals surface area contributed by atoms with Gasteiger partial charge in [0, 0.05) is 0 Å². The van der Waals surface area contributed by atoms with E-state index < -0.39 is 8.60 Å². The molecule has 4 aromatic rings. The number of unbranched alkanes of at least 4 members (excludes halogenated alkanes) is 4. The van der Waals surface area contributed by atoms with Gasteiger partial charge in [0.05, 0.1) is 0 Å². The van der Waals surface area contributed by atoms with Gasteiger partial charge in [0.15, 0.2) is 0 Å². The highest BCUT2D eigenvalue weighted by atomic mass is 31.2. The minimum absolute atomic E-state index is 0.750. The molecule has 0 N–H and O–H groups in total. The number of benzene rings is 4. The molecule has 0 saturated heterocycles. The van der Waals surface area contributed by atoms with Gasteiger partial charge in [0.2, 0.25) is 0 Å². The van der Waals surface area contributed by atoms with E-state index in [1.54, 1.807) is 0 Å². The molecule has 0 spiro atoms. The number of hydrogen-bond acceptors (Lipinski definition) is 3. The Bertz CT molecular complexity index is 1280. The number of rotatable bonds is 19. The van der Waals surface area contributed by atoms with Crippen molar-refractivity contribution in [3.05, 3.63) is 113 Å². The van der Waals surface area contributed by atoms with Crippen molar-refractivity contribution in [3.63, 3.8) is 0 Å². The zero-order valence-corrected chi connectivity index (χ0v) is 28.2. The van der Waals surface area contributed by atoms with Crippen LogP contribution in [0.1, 0.15) is 101 Å². The summed E-state index contributed by atoms with van der Waals surface area (Å²) in [5.74, 6) is 2.64. The third kappa shape index (κ3) is 9.86. The molecule has 0 unspecified atom stereocenters. The van der Waals surface area contributed by atoms with Crippen molar-refractivity contribution in [3.8, 4) is 28.4 Å². The van der Waals surface area contributed by atoms with Crippen molar-refractivity contribution >= 4 is 8.60 Å². The smallest absolute Gasteiger partial charge is 0.408 e. The predicted molar refractivity (Wildman–Crippen MR) is 188 cm³/mol. The topological polar surface area (TPSA) is 27.7 Å². The van der Waals surface area contributed by atoms with Crippen molar-refractivity contribution in [2.24, 2.45) is 0 Å². The third-order valence-electron chi connectivity index (χ3n) is 8.01. The molecule has 0 saturated carbocycles. The van der Waals surface area contributed by atoms with Crippen molar-refractivity contribution in [1.29, 1.82) is 0 Å². The molecule has 0 aliphatic heterocycles. The van der Waals surface area contributed by atoms with Gasteiger partial charge in [-0.2, -0.15) is 0 Å². The summed E-state index contributed by atoms with van der Waals surface area (Å²) in [7, 11) is -1.80. The van der Waals surface area contributed by atoms with Crippen LogP contribution in [0.2, 0.25) is 0 Å². The number of aryl methyl sites for hydroxylation is 4. The zero-order valence-electron chi connectivity index (χ0n) is 27.3. The molecule has 0 aliphatic rings. The van der Waals surface area contributed by atoms with E-state index in [4.69, 9.17) is 13.6 Å². The van der Waals surface area contributed by atoms with E-state index in [0.717, 1.165) is 105 Å². The average Bonchev–Trinajstić information content (AvgIpc) is 3.06. The zero-order chi connectivity index (χ0) is 31.0. The SMILES string of the molecule is CCCCc1cccc(CCCC)c1OP(Oc1cccc(-c2ccccc2)c1)Oc1c(CCCC)cccc1CCCC. The van der Waals surface area contributed by atoms with E-state index in [1.165, 1.54) is 22.3 Å². The Morgan fingerprint density at radius 1 is 0.432 bits per heavy atom. The lowest BCUT2D eigenvalue weighted by Crippen LogP contribution is -2.08. The summed E-state index contributed by atoms with van der Waals surface area (Å²) in [5, 5.41) is 0. The molecule has 0 atom stereocenters. The van der Waals surface area contributed by atoms with Crippen molar-refractivity contribution < 1.29 is 13.6 Å². The normalized spacial score (nSPS) is 11.1. The van der Waals surface area contributed by atoms with Crippen LogP contribution < -0.4 is 13.6 Å². The first-order chi connectivity index (χ1) is 21.7. The van der Waals surface area contributed by atoms with Crippen LogP contribution in [-0.4, -0.2) is 0 Å². The number of para-hydroxylation sites is 2. The maximum Gasteiger partial charge on any atom is 0.530 e. The molecule has 0 bridgehead atoms. The van der Waals surface area contributed by atoms with Crippen molar-refractivity contribution in [2.45, 2.75) is 105 Å². The van der Waals surface area contributed by atoms with Gasteiger partial charge in [-0.25, -0.2) is 0 Å². The molecule has 0 heterocycles. The Hall–Kier alpha value is -3.29. The second-order valence-electron chi connectivity index (χ2n) is 11.6. The van der Waals surface area contributed by atoms with Gasteiger partial charge in [0.1, 0.15) is 17.2 Å². The van der Waals surface area contributed by atoms with E-state index in [9.17, 15) is 0 Å². The first kappa shape index (κ1) is 33.6. The van der Waals surface area contributed by atoms with Crippen LogP contribution in [-0.2, 0) is 25.7 Å². The molecular formula is C40H51O3P. The Morgan fingerprint density at radius 3 is 1.27 bits per heavy atom. The monoisotopic (exact) mass is 610 g/mol. The van der Waals surface area contributed by atoms with Crippen molar-refractivity contribution in [2.75, 3.05) is 0 Å². The predicted octanol–water partition coefficient (Wildman–Crippen LogP) is 12.5. The Labute approximate surface area is 268 Å². The average molecular weight is 611 g/mol. The van der Waals surface area contributed by atoms with E-state index in [0.29, 0.717) is 0 Å². The minimum Gasteiger partial charge on any atom is -0.408 e. The fraction of sp³-hybridized carbons (Fsp3) is 0.400. The Balaban J connectivity index is 1.76. The molecule has 0 radical (unpaired) electrons. The van der Waals surface area contributed by atoms with E-state index in [-0.39, 0.29) is 0 Å². The van der Waals surface area contributed by atoms with Gasteiger partial charge in [-0.05, 0) is 96.9 Å². The van der Waals surface area contributed by atoms with Gasteiger partial charge < -0.3 is 13.6 Å². The third-order valence-corrected chi connectivity index (χ3v) is 9.03. The maximum atomic E-state index is 6.96. The Kier molecular flexibility index (Phi) is 14.1. The molecular weight excluding hydrogens is 559 g/mol. The van der Waals surface area contributed by atoms with Crippen LogP contribution in [0, 0.1) is 0 Å². The Morgan fingerprint density at radius 2 is 0.841 bits per heavy atom. The molecule has 0 amide bonds. The fourth-order valence-corrected chi connectivity index (χ4v) is 6.59. The molecule has 4 aromatic carbocycles. The van der Waals surface area contributed by atoms with E-state index in [1.807, 2.05) is 12.1 Å². The van der Waals surface area contributed by atoms with Crippen LogP contribution in [0.4, 0.5) is 0 Å². The van der Waals surface area contributed by atoms with Crippen LogP contribution >= 0.6 is 8.60 Å². The summed E-state index contributed by atoms with van der Waals surface area (Å²) in [6.07, 6.45) is 12.9. The summed E-state index contributed by atoms with van der Waals surface area (Å²) in [5.41, 5.74) is 7.22. The lowest BCUT2D eigenvalue weighted by molar-refractivity contribution is 0.380.